The molecule has 0 aliphatic carbocycles. The highest BCUT2D eigenvalue weighted by atomic mass is 16.5. The number of nitrogens with zero attached hydrogens (tertiary/aromatic N) is 1. The Hall–Kier alpha value is -2.67. The molecule has 0 spiro atoms. The van der Waals surface area contributed by atoms with Crippen LogP contribution in [-0.4, -0.2) is 12.2 Å². The number of para-hydroxylation sites is 2. The maximum atomic E-state index is 9.26. The molecule has 0 saturated heterocycles. The number of anilines is 1. The van der Waals surface area contributed by atoms with Crippen molar-refractivity contribution >= 4 is 5.69 Å². The van der Waals surface area contributed by atoms with E-state index in [2.05, 4.69) is 11.4 Å². The molecular formula is C15H14N2O2. The summed E-state index contributed by atoms with van der Waals surface area (Å²) in [6.07, 6.45) is 0. The quantitative estimate of drug-likeness (QED) is 0.880. The average Bonchev–Trinajstić information content (AvgIpc) is 2.46. The summed E-state index contributed by atoms with van der Waals surface area (Å²) in [5.74, 6) is 0.860. The summed E-state index contributed by atoms with van der Waals surface area (Å²) >= 11 is 0. The monoisotopic (exact) mass is 254 g/mol. The van der Waals surface area contributed by atoms with Gasteiger partial charge in [-0.2, -0.15) is 5.26 Å². The lowest BCUT2D eigenvalue weighted by Gasteiger charge is -2.15. The van der Waals surface area contributed by atoms with E-state index in [4.69, 9.17) is 4.74 Å². The van der Waals surface area contributed by atoms with Crippen LogP contribution in [0.15, 0.2) is 48.5 Å². The maximum Gasteiger partial charge on any atom is 0.141 e. The fourth-order valence-corrected chi connectivity index (χ4v) is 1.78. The van der Waals surface area contributed by atoms with Gasteiger partial charge < -0.3 is 15.2 Å². The topological polar surface area (TPSA) is 65.3 Å². The first kappa shape index (κ1) is 12.8. The number of phenolic OH excluding ortho intramolecular Hbond substituents is 1. The van der Waals surface area contributed by atoms with Crippen molar-refractivity contribution in [3.63, 3.8) is 0 Å². The molecule has 0 fully saturated rings. The van der Waals surface area contributed by atoms with E-state index in [0.717, 1.165) is 11.3 Å². The average molecular weight is 254 g/mol. The summed E-state index contributed by atoms with van der Waals surface area (Å²) in [6, 6.07) is 15.6. The van der Waals surface area contributed by atoms with Gasteiger partial charge in [0.2, 0.25) is 0 Å². The highest BCUT2D eigenvalue weighted by molar-refractivity contribution is 5.58. The van der Waals surface area contributed by atoms with Crippen LogP contribution >= 0.6 is 0 Å². The second-order valence-corrected chi connectivity index (χ2v) is 4.00. The van der Waals surface area contributed by atoms with Gasteiger partial charge >= 0.3 is 0 Å². The van der Waals surface area contributed by atoms with E-state index in [1.54, 1.807) is 31.4 Å². The van der Waals surface area contributed by atoms with Gasteiger partial charge in [-0.05, 0) is 29.8 Å². The van der Waals surface area contributed by atoms with E-state index in [9.17, 15) is 10.4 Å². The third-order valence-corrected chi connectivity index (χ3v) is 2.76. The number of rotatable bonds is 4. The van der Waals surface area contributed by atoms with Crippen LogP contribution < -0.4 is 10.1 Å². The first-order chi connectivity index (χ1) is 9.24. The van der Waals surface area contributed by atoms with E-state index < -0.39 is 6.04 Å². The predicted octanol–water partition coefficient (Wildman–Crippen LogP) is 3.08. The number of phenols is 1. The van der Waals surface area contributed by atoms with Crippen molar-refractivity contribution < 1.29 is 9.84 Å². The van der Waals surface area contributed by atoms with Gasteiger partial charge in [-0.15, -0.1) is 0 Å². The van der Waals surface area contributed by atoms with Crippen LogP contribution in [0, 0.1) is 11.3 Å². The fourth-order valence-electron chi connectivity index (χ4n) is 1.78. The van der Waals surface area contributed by atoms with Gasteiger partial charge in [0.15, 0.2) is 0 Å². The zero-order valence-corrected chi connectivity index (χ0v) is 10.5. The van der Waals surface area contributed by atoms with Crippen LogP contribution in [0.5, 0.6) is 11.5 Å². The van der Waals surface area contributed by atoms with Crippen LogP contribution in [-0.2, 0) is 0 Å². The number of nitrogens with one attached hydrogen (secondary N) is 1. The molecule has 2 N–H and O–H groups in total. The minimum Gasteiger partial charge on any atom is -0.508 e. The number of methoxy groups -OCH3 is 1. The molecule has 0 heterocycles. The number of benzene rings is 2. The lowest BCUT2D eigenvalue weighted by molar-refractivity contribution is 0.416. The Balaban J connectivity index is 2.24. The zero-order valence-electron chi connectivity index (χ0n) is 10.5. The molecule has 4 heteroatoms. The molecule has 0 aliphatic heterocycles. The molecule has 0 aliphatic rings. The second kappa shape index (κ2) is 5.78. The first-order valence-electron chi connectivity index (χ1n) is 5.82. The van der Waals surface area contributed by atoms with Gasteiger partial charge in [-0.1, -0.05) is 24.3 Å². The molecule has 0 radical (unpaired) electrons. The lowest BCUT2D eigenvalue weighted by atomic mass is 10.1. The molecule has 0 saturated carbocycles. The fraction of sp³-hybridized carbons (Fsp3) is 0.133. The Morgan fingerprint density at radius 1 is 1.16 bits per heavy atom. The van der Waals surface area contributed by atoms with Gasteiger partial charge in [0.05, 0.1) is 18.9 Å². The molecule has 4 nitrogen and oxygen atoms in total. The molecule has 0 aromatic heterocycles. The maximum absolute atomic E-state index is 9.26. The minimum atomic E-state index is -0.503. The number of ether oxygens (including phenoxy) is 1. The number of hydrogen-bond donors (Lipinski definition) is 2. The number of hydrogen-bond acceptors (Lipinski definition) is 4. The summed E-state index contributed by atoms with van der Waals surface area (Å²) in [5, 5.41) is 21.6. The van der Waals surface area contributed by atoms with E-state index >= 15 is 0 Å². The first-order valence-corrected chi connectivity index (χ1v) is 5.82. The number of nitriles is 1. The van der Waals surface area contributed by atoms with Crippen LogP contribution in [0.1, 0.15) is 11.6 Å². The van der Waals surface area contributed by atoms with Gasteiger partial charge in [0, 0.05) is 0 Å². The Kier molecular flexibility index (Phi) is 3.89. The molecule has 19 heavy (non-hydrogen) atoms. The normalized spacial score (nSPS) is 11.4. The van der Waals surface area contributed by atoms with Gasteiger partial charge in [0.25, 0.3) is 0 Å². The standard InChI is InChI=1S/C15H14N2O2/c1-19-15-5-3-2-4-13(15)17-14(10-16)11-6-8-12(18)9-7-11/h2-9,14,17-18H,1H3. The van der Waals surface area contributed by atoms with Crippen LogP contribution in [0.4, 0.5) is 5.69 Å². The molecule has 2 rings (SSSR count). The van der Waals surface area contributed by atoms with E-state index in [0.29, 0.717) is 5.75 Å². The number of aromatic hydroxyl groups is 1. The summed E-state index contributed by atoms with van der Waals surface area (Å²) in [5.41, 5.74) is 1.54. The highest BCUT2D eigenvalue weighted by Crippen LogP contribution is 2.28. The van der Waals surface area contributed by atoms with Crippen molar-refractivity contribution in [1.29, 1.82) is 5.26 Å². The van der Waals surface area contributed by atoms with Crippen molar-refractivity contribution in [1.82, 2.24) is 0 Å². The Labute approximate surface area is 111 Å². The third kappa shape index (κ3) is 2.96. The van der Waals surface area contributed by atoms with Gasteiger partial charge in [-0.25, -0.2) is 0 Å². The summed E-state index contributed by atoms with van der Waals surface area (Å²) in [7, 11) is 1.59. The smallest absolute Gasteiger partial charge is 0.141 e. The zero-order chi connectivity index (χ0) is 13.7. The van der Waals surface area contributed by atoms with Crippen molar-refractivity contribution in [3.05, 3.63) is 54.1 Å². The molecule has 1 atom stereocenters. The van der Waals surface area contributed by atoms with Crippen molar-refractivity contribution in [2.24, 2.45) is 0 Å². The summed E-state index contributed by atoms with van der Waals surface area (Å²) < 4.78 is 5.23. The van der Waals surface area contributed by atoms with Crippen LogP contribution in [0.2, 0.25) is 0 Å². The Morgan fingerprint density at radius 2 is 1.84 bits per heavy atom. The Bertz CT molecular complexity index is 588. The van der Waals surface area contributed by atoms with Crippen LogP contribution in [0.3, 0.4) is 0 Å². The Morgan fingerprint density at radius 3 is 2.47 bits per heavy atom. The summed E-state index contributed by atoms with van der Waals surface area (Å²) in [4.78, 5) is 0. The van der Waals surface area contributed by atoms with E-state index in [-0.39, 0.29) is 5.75 Å². The molecule has 0 amide bonds. The van der Waals surface area contributed by atoms with E-state index in [1.807, 2.05) is 24.3 Å². The predicted molar refractivity (Wildman–Crippen MR) is 73.1 cm³/mol. The van der Waals surface area contributed by atoms with Crippen molar-refractivity contribution in [2.75, 3.05) is 12.4 Å². The second-order valence-electron chi connectivity index (χ2n) is 4.00. The molecule has 1 unspecified atom stereocenters. The van der Waals surface area contributed by atoms with Gasteiger partial charge in [-0.3, -0.25) is 0 Å². The largest absolute Gasteiger partial charge is 0.508 e. The lowest BCUT2D eigenvalue weighted by Crippen LogP contribution is -2.09. The van der Waals surface area contributed by atoms with Crippen molar-refractivity contribution in [3.8, 4) is 17.6 Å². The highest BCUT2D eigenvalue weighted by Gasteiger charge is 2.12. The van der Waals surface area contributed by atoms with Gasteiger partial charge in [0.1, 0.15) is 17.5 Å². The minimum absolute atomic E-state index is 0.178. The van der Waals surface area contributed by atoms with Crippen molar-refractivity contribution in [2.45, 2.75) is 6.04 Å². The molecular weight excluding hydrogens is 240 g/mol. The summed E-state index contributed by atoms with van der Waals surface area (Å²) in [6.45, 7) is 0. The molecule has 96 valence electrons. The van der Waals surface area contributed by atoms with Crippen LogP contribution in [0.25, 0.3) is 0 Å². The van der Waals surface area contributed by atoms with E-state index in [1.165, 1.54) is 0 Å². The SMILES string of the molecule is COc1ccccc1NC(C#N)c1ccc(O)cc1. The molecule has 2 aromatic rings. The third-order valence-electron chi connectivity index (χ3n) is 2.76. The molecule has 2 aromatic carbocycles. The molecule has 0 bridgehead atoms.